The molecule has 36 heavy (non-hydrogen) atoms. The zero-order valence-corrected chi connectivity index (χ0v) is 24.1. The van der Waals surface area contributed by atoms with Crippen LogP contribution in [0.4, 0.5) is 0 Å². The Morgan fingerprint density at radius 3 is 1.14 bits per heavy atom. The molecule has 3 rings (SSSR count). The maximum absolute atomic E-state index is 11.2. The standard InChI is InChI=1S/C33H44O3/c1-18-12-23(30(35)27(14-18)32(6,7)8)16-25-20(3)26(22(5)29(34)21(25)4)17-24-13-19(2)15-28(31(24)36)33(9,10)11/h12-15,34-36H,16-17H2,1-11H3. The monoisotopic (exact) mass is 488 g/mol. The van der Waals surface area contributed by atoms with Crippen molar-refractivity contribution in [2.75, 3.05) is 0 Å². The molecule has 0 spiro atoms. The number of hydrogen-bond donors (Lipinski definition) is 3. The van der Waals surface area contributed by atoms with Gasteiger partial charge < -0.3 is 15.3 Å². The lowest BCUT2D eigenvalue weighted by Crippen LogP contribution is -2.13. The highest BCUT2D eigenvalue weighted by Crippen LogP contribution is 2.41. The molecule has 3 aromatic carbocycles. The minimum absolute atomic E-state index is 0.178. The molecule has 0 radical (unpaired) electrons. The van der Waals surface area contributed by atoms with Gasteiger partial charge in [-0.3, -0.25) is 0 Å². The lowest BCUT2D eigenvalue weighted by molar-refractivity contribution is 0.440. The molecule has 0 fully saturated rings. The number of phenols is 3. The van der Waals surface area contributed by atoms with E-state index < -0.39 is 0 Å². The second kappa shape index (κ2) is 9.50. The third-order valence-electron chi connectivity index (χ3n) is 7.54. The van der Waals surface area contributed by atoms with Gasteiger partial charge in [0.15, 0.2) is 0 Å². The summed E-state index contributed by atoms with van der Waals surface area (Å²) in [5.74, 6) is 0.955. The predicted octanol–water partition coefficient (Wildman–Crippen LogP) is 8.12. The van der Waals surface area contributed by atoms with Crippen molar-refractivity contribution in [3.05, 3.63) is 85.5 Å². The summed E-state index contributed by atoms with van der Waals surface area (Å²) in [5, 5.41) is 33.5. The second-order valence-corrected chi connectivity index (χ2v) is 12.7. The first-order valence-electron chi connectivity index (χ1n) is 12.9. The Bertz CT molecular complexity index is 1220. The van der Waals surface area contributed by atoms with Gasteiger partial charge in [0.25, 0.3) is 0 Å². The number of rotatable bonds is 4. The van der Waals surface area contributed by atoms with Gasteiger partial charge >= 0.3 is 0 Å². The SMILES string of the molecule is Cc1cc(Cc2c(C)c(O)c(C)c(Cc3cc(C)cc(C(C)(C)C)c3O)c2C)c(O)c(C(C)(C)C)c1. The zero-order chi connectivity index (χ0) is 27.3. The molecule has 3 nitrogen and oxygen atoms in total. The molecular formula is C33H44O3. The van der Waals surface area contributed by atoms with Crippen molar-refractivity contribution in [3.8, 4) is 17.2 Å². The van der Waals surface area contributed by atoms with Crippen molar-refractivity contribution in [3.63, 3.8) is 0 Å². The molecule has 0 bridgehead atoms. The summed E-state index contributed by atoms with van der Waals surface area (Å²) in [6, 6.07) is 8.21. The van der Waals surface area contributed by atoms with E-state index in [1.807, 2.05) is 26.0 Å². The smallest absolute Gasteiger partial charge is 0.122 e. The normalized spacial score (nSPS) is 12.3. The Labute approximate surface area is 217 Å². The van der Waals surface area contributed by atoms with Crippen LogP contribution in [0.5, 0.6) is 17.2 Å². The number of phenolic OH excluding ortho intramolecular Hbond substituents is 3. The van der Waals surface area contributed by atoms with E-state index in [0.717, 1.165) is 61.2 Å². The fourth-order valence-electron chi connectivity index (χ4n) is 5.34. The highest BCUT2D eigenvalue weighted by atomic mass is 16.3. The van der Waals surface area contributed by atoms with Crippen molar-refractivity contribution in [2.24, 2.45) is 0 Å². The highest BCUT2D eigenvalue weighted by Gasteiger charge is 2.25. The minimum Gasteiger partial charge on any atom is -0.507 e. The molecule has 0 aliphatic carbocycles. The van der Waals surface area contributed by atoms with Gasteiger partial charge in [-0.2, -0.15) is 0 Å². The van der Waals surface area contributed by atoms with Gasteiger partial charge in [0.2, 0.25) is 0 Å². The van der Waals surface area contributed by atoms with E-state index in [9.17, 15) is 15.3 Å². The number of benzene rings is 3. The first-order valence-corrected chi connectivity index (χ1v) is 12.9. The topological polar surface area (TPSA) is 60.7 Å². The molecule has 3 heteroatoms. The van der Waals surface area contributed by atoms with Gasteiger partial charge in [0.1, 0.15) is 17.2 Å². The average molecular weight is 489 g/mol. The quantitative estimate of drug-likeness (QED) is 0.347. The van der Waals surface area contributed by atoms with Gasteiger partial charge in [0.05, 0.1) is 0 Å². The maximum Gasteiger partial charge on any atom is 0.122 e. The summed E-state index contributed by atoms with van der Waals surface area (Å²) in [6.45, 7) is 22.8. The van der Waals surface area contributed by atoms with Gasteiger partial charge in [-0.15, -0.1) is 0 Å². The van der Waals surface area contributed by atoms with Crippen LogP contribution in [0.25, 0.3) is 0 Å². The van der Waals surface area contributed by atoms with E-state index in [-0.39, 0.29) is 16.6 Å². The molecule has 0 aliphatic rings. The van der Waals surface area contributed by atoms with Crippen LogP contribution in [-0.2, 0) is 23.7 Å². The largest absolute Gasteiger partial charge is 0.507 e. The van der Waals surface area contributed by atoms with Crippen LogP contribution in [-0.4, -0.2) is 15.3 Å². The summed E-state index contributed by atoms with van der Waals surface area (Å²) in [4.78, 5) is 0. The summed E-state index contributed by atoms with van der Waals surface area (Å²) >= 11 is 0. The summed E-state index contributed by atoms with van der Waals surface area (Å²) in [6.07, 6.45) is 1.06. The molecule has 0 atom stereocenters. The van der Waals surface area contributed by atoms with Crippen molar-refractivity contribution >= 4 is 0 Å². The third kappa shape index (κ3) is 5.26. The van der Waals surface area contributed by atoms with Gasteiger partial charge in [-0.05, 0) is 95.5 Å². The van der Waals surface area contributed by atoms with E-state index in [1.165, 1.54) is 0 Å². The van der Waals surface area contributed by atoms with Gasteiger partial charge in [-0.1, -0.05) is 76.9 Å². The molecule has 0 heterocycles. The Kier molecular flexibility index (Phi) is 7.29. The Morgan fingerprint density at radius 2 is 0.833 bits per heavy atom. The lowest BCUT2D eigenvalue weighted by atomic mass is 9.81. The second-order valence-electron chi connectivity index (χ2n) is 12.7. The number of aryl methyl sites for hydroxylation is 2. The molecule has 0 aliphatic heterocycles. The molecule has 3 aromatic rings. The van der Waals surface area contributed by atoms with E-state index in [0.29, 0.717) is 24.3 Å². The fourth-order valence-corrected chi connectivity index (χ4v) is 5.34. The molecule has 0 aromatic heterocycles. The van der Waals surface area contributed by atoms with Crippen molar-refractivity contribution in [1.29, 1.82) is 0 Å². The van der Waals surface area contributed by atoms with Gasteiger partial charge in [-0.25, -0.2) is 0 Å². The van der Waals surface area contributed by atoms with Crippen LogP contribution >= 0.6 is 0 Å². The molecule has 0 saturated heterocycles. The number of aromatic hydroxyl groups is 3. The molecule has 0 unspecified atom stereocenters. The lowest BCUT2D eigenvalue weighted by Gasteiger charge is -2.25. The zero-order valence-electron chi connectivity index (χ0n) is 24.1. The van der Waals surface area contributed by atoms with Crippen LogP contribution in [0.3, 0.4) is 0 Å². The summed E-state index contributed by atoms with van der Waals surface area (Å²) in [5.41, 5.74) is 10.3. The maximum atomic E-state index is 11.2. The Hall–Kier alpha value is -2.94. The summed E-state index contributed by atoms with van der Waals surface area (Å²) in [7, 11) is 0. The van der Waals surface area contributed by atoms with Crippen molar-refractivity contribution < 1.29 is 15.3 Å². The average Bonchev–Trinajstić information content (AvgIpc) is 2.75. The van der Waals surface area contributed by atoms with Crippen molar-refractivity contribution in [1.82, 2.24) is 0 Å². The van der Waals surface area contributed by atoms with E-state index >= 15 is 0 Å². The third-order valence-corrected chi connectivity index (χ3v) is 7.54. The van der Waals surface area contributed by atoms with Crippen LogP contribution in [0.15, 0.2) is 24.3 Å². The van der Waals surface area contributed by atoms with Crippen molar-refractivity contribution in [2.45, 2.75) is 99.8 Å². The Balaban J connectivity index is 2.18. The van der Waals surface area contributed by atoms with E-state index in [1.54, 1.807) is 0 Å². The molecule has 194 valence electrons. The van der Waals surface area contributed by atoms with Crippen LogP contribution in [0, 0.1) is 34.6 Å². The fraction of sp³-hybridized carbons (Fsp3) is 0.455. The predicted molar refractivity (Wildman–Crippen MR) is 151 cm³/mol. The first-order chi connectivity index (χ1) is 16.4. The van der Waals surface area contributed by atoms with Crippen LogP contribution < -0.4 is 0 Å². The number of hydrogen-bond acceptors (Lipinski definition) is 3. The molecule has 0 amide bonds. The van der Waals surface area contributed by atoms with Gasteiger partial charge in [0, 0.05) is 12.8 Å². The van der Waals surface area contributed by atoms with Crippen LogP contribution in [0.1, 0.15) is 103 Å². The minimum atomic E-state index is -0.178. The molecule has 3 N–H and O–H groups in total. The molecular weight excluding hydrogens is 444 g/mol. The van der Waals surface area contributed by atoms with Crippen LogP contribution in [0.2, 0.25) is 0 Å². The highest BCUT2D eigenvalue weighted by molar-refractivity contribution is 5.59. The first kappa shape index (κ1) is 27.6. The summed E-state index contributed by atoms with van der Waals surface area (Å²) < 4.78 is 0. The molecule has 0 saturated carbocycles. The van der Waals surface area contributed by atoms with E-state index in [2.05, 4.69) is 74.4 Å². The van der Waals surface area contributed by atoms with E-state index in [4.69, 9.17) is 0 Å². The Morgan fingerprint density at radius 1 is 0.500 bits per heavy atom.